The molecule has 1 aromatic heterocycles. The predicted molar refractivity (Wildman–Crippen MR) is 58.0 cm³/mol. The van der Waals surface area contributed by atoms with Gasteiger partial charge in [-0.25, -0.2) is 4.98 Å². The molecule has 0 aromatic carbocycles. The molecule has 78 valence electrons. The van der Waals surface area contributed by atoms with E-state index in [9.17, 15) is 4.79 Å². The molecule has 0 spiro atoms. The van der Waals surface area contributed by atoms with Crippen molar-refractivity contribution < 1.29 is 4.74 Å². The fraction of sp³-hybridized carbons (Fsp3) is 0.556. The van der Waals surface area contributed by atoms with E-state index < -0.39 is 0 Å². The van der Waals surface area contributed by atoms with E-state index in [0.29, 0.717) is 5.82 Å². The number of methoxy groups -OCH3 is 1. The summed E-state index contributed by atoms with van der Waals surface area (Å²) in [5.41, 5.74) is -0.236. The molecule has 1 heterocycles. The lowest BCUT2D eigenvalue weighted by atomic mass is 10.2. The van der Waals surface area contributed by atoms with Gasteiger partial charge in [-0.3, -0.25) is 4.79 Å². The van der Waals surface area contributed by atoms with Crippen molar-refractivity contribution in [2.75, 3.05) is 13.4 Å². The Hall–Kier alpha value is -0.970. The number of ether oxygens (including phenoxy) is 1. The van der Waals surface area contributed by atoms with Gasteiger partial charge in [0, 0.05) is 0 Å². The Labute approximate surface area is 87.1 Å². The van der Waals surface area contributed by atoms with Crippen LogP contribution < -0.4 is 10.3 Å². The van der Waals surface area contributed by atoms with Crippen LogP contribution >= 0.6 is 11.8 Å². The second-order valence-electron chi connectivity index (χ2n) is 3.34. The normalized spacial score (nSPS) is 11.4. The van der Waals surface area contributed by atoms with Gasteiger partial charge < -0.3 is 9.72 Å². The van der Waals surface area contributed by atoms with Gasteiger partial charge in [-0.1, -0.05) is 0 Å². The molecular weight excluding hydrogens is 200 g/mol. The molecule has 0 saturated heterocycles. The lowest BCUT2D eigenvalue weighted by molar-refractivity contribution is 0.404. The molecule has 0 radical (unpaired) electrons. The van der Waals surface area contributed by atoms with Gasteiger partial charge in [-0.05, 0) is 20.1 Å². The molecule has 0 aliphatic carbocycles. The first kappa shape index (κ1) is 11.1. The molecule has 0 aliphatic heterocycles. The molecule has 0 atom stereocenters. The molecule has 1 N–H and O–H groups in total. The van der Waals surface area contributed by atoms with Crippen LogP contribution in [0.3, 0.4) is 0 Å². The summed E-state index contributed by atoms with van der Waals surface area (Å²) < 4.78 is 4.64. The monoisotopic (exact) mass is 214 g/mol. The molecule has 1 rings (SSSR count). The summed E-state index contributed by atoms with van der Waals surface area (Å²) in [6.45, 7) is 4.00. The Morgan fingerprint density at radius 2 is 2.21 bits per heavy atom. The summed E-state index contributed by atoms with van der Waals surface area (Å²) in [4.78, 5) is 18.3. The quantitative estimate of drug-likeness (QED) is 0.825. The number of nitrogens with one attached hydrogen (secondary N) is 1. The Kier molecular flexibility index (Phi) is 3.21. The average Bonchev–Trinajstić information content (AvgIpc) is 2.17. The van der Waals surface area contributed by atoms with Crippen LogP contribution in [0, 0.1) is 0 Å². The number of hydrogen-bond acceptors (Lipinski definition) is 4. The number of rotatable bonds is 3. The molecule has 0 bridgehead atoms. The van der Waals surface area contributed by atoms with Crippen LogP contribution in [0.25, 0.3) is 0 Å². The highest BCUT2D eigenvalue weighted by Crippen LogP contribution is 2.30. The van der Waals surface area contributed by atoms with E-state index in [4.69, 9.17) is 4.74 Å². The summed E-state index contributed by atoms with van der Waals surface area (Å²) in [6.07, 6.45) is 3.43. The van der Waals surface area contributed by atoms with Gasteiger partial charge >= 0.3 is 0 Å². The minimum atomic E-state index is -0.236. The lowest BCUT2D eigenvalue weighted by Crippen LogP contribution is -2.22. The van der Waals surface area contributed by atoms with Crippen LogP contribution in [-0.4, -0.2) is 23.3 Å². The van der Waals surface area contributed by atoms with Crippen LogP contribution in [0.15, 0.2) is 11.0 Å². The Morgan fingerprint density at radius 3 is 2.64 bits per heavy atom. The van der Waals surface area contributed by atoms with Gasteiger partial charge in [-0.15, -0.1) is 0 Å². The second kappa shape index (κ2) is 4.04. The first-order valence-electron chi connectivity index (χ1n) is 4.20. The molecule has 14 heavy (non-hydrogen) atoms. The summed E-state index contributed by atoms with van der Waals surface area (Å²) in [6, 6.07) is 0. The van der Waals surface area contributed by atoms with Crippen molar-refractivity contribution in [2.24, 2.45) is 0 Å². The van der Waals surface area contributed by atoms with E-state index in [-0.39, 0.29) is 16.1 Å². The maximum Gasteiger partial charge on any atom is 0.293 e. The largest absolute Gasteiger partial charge is 0.490 e. The predicted octanol–water partition coefficient (Wildman–Crippen LogP) is 1.38. The van der Waals surface area contributed by atoms with Gasteiger partial charge in [0.05, 0.1) is 18.1 Å². The van der Waals surface area contributed by atoms with Gasteiger partial charge in [0.1, 0.15) is 5.82 Å². The van der Waals surface area contributed by atoms with Crippen molar-refractivity contribution in [1.29, 1.82) is 0 Å². The van der Waals surface area contributed by atoms with Crippen molar-refractivity contribution in [2.45, 2.75) is 18.6 Å². The van der Waals surface area contributed by atoms with Crippen molar-refractivity contribution in [1.82, 2.24) is 9.97 Å². The first-order valence-corrected chi connectivity index (χ1v) is 5.42. The summed E-state index contributed by atoms with van der Waals surface area (Å²) in [5.74, 6) is 0.904. The van der Waals surface area contributed by atoms with E-state index in [0.717, 1.165) is 0 Å². The number of aromatic amines is 1. The molecule has 0 fully saturated rings. The van der Waals surface area contributed by atoms with Crippen LogP contribution in [-0.2, 0) is 4.75 Å². The molecule has 4 nitrogen and oxygen atoms in total. The van der Waals surface area contributed by atoms with E-state index in [1.807, 2.05) is 20.1 Å². The zero-order valence-electron chi connectivity index (χ0n) is 8.75. The number of aromatic nitrogens is 2. The minimum Gasteiger partial charge on any atom is -0.490 e. The maximum atomic E-state index is 11.4. The fourth-order valence-corrected chi connectivity index (χ4v) is 1.23. The van der Waals surface area contributed by atoms with Crippen molar-refractivity contribution in [3.63, 3.8) is 0 Å². The third kappa shape index (κ3) is 2.09. The topological polar surface area (TPSA) is 55.0 Å². The first-order chi connectivity index (χ1) is 6.51. The highest BCUT2D eigenvalue weighted by atomic mass is 32.2. The van der Waals surface area contributed by atoms with Gasteiger partial charge in [0.2, 0.25) is 5.75 Å². The van der Waals surface area contributed by atoms with E-state index in [1.165, 1.54) is 13.3 Å². The number of thioether (sulfide) groups is 1. The van der Waals surface area contributed by atoms with Crippen LogP contribution in [0.5, 0.6) is 5.75 Å². The maximum absolute atomic E-state index is 11.4. The minimum absolute atomic E-state index is 0.189. The molecular formula is C9H14N2O2S. The fourth-order valence-electron chi connectivity index (χ4n) is 0.931. The van der Waals surface area contributed by atoms with E-state index >= 15 is 0 Å². The van der Waals surface area contributed by atoms with Gasteiger partial charge in [-0.2, -0.15) is 11.8 Å². The second-order valence-corrected chi connectivity index (χ2v) is 4.77. The van der Waals surface area contributed by atoms with E-state index in [1.54, 1.807) is 11.8 Å². The molecule has 1 aromatic rings. The zero-order chi connectivity index (χ0) is 10.8. The van der Waals surface area contributed by atoms with Crippen LogP contribution in [0.2, 0.25) is 0 Å². The lowest BCUT2D eigenvalue weighted by Gasteiger charge is -2.20. The van der Waals surface area contributed by atoms with Crippen LogP contribution in [0.4, 0.5) is 0 Å². The van der Waals surface area contributed by atoms with Gasteiger partial charge in [0.15, 0.2) is 0 Å². The third-order valence-electron chi connectivity index (χ3n) is 2.07. The molecule has 0 amide bonds. The molecule has 0 unspecified atom stereocenters. The smallest absolute Gasteiger partial charge is 0.293 e. The summed E-state index contributed by atoms with van der Waals surface area (Å²) in [5, 5.41) is 0. The highest BCUT2D eigenvalue weighted by molar-refractivity contribution is 7.99. The van der Waals surface area contributed by atoms with Crippen molar-refractivity contribution >= 4 is 11.8 Å². The van der Waals surface area contributed by atoms with E-state index in [2.05, 4.69) is 9.97 Å². The zero-order valence-corrected chi connectivity index (χ0v) is 9.57. The summed E-state index contributed by atoms with van der Waals surface area (Å²) in [7, 11) is 1.45. The Balaban J connectivity index is 3.15. The van der Waals surface area contributed by atoms with Crippen LogP contribution in [0.1, 0.15) is 19.7 Å². The molecule has 0 aliphatic rings. The Morgan fingerprint density at radius 1 is 1.57 bits per heavy atom. The third-order valence-corrected chi connectivity index (χ3v) is 3.28. The molecule has 5 heteroatoms. The number of H-pyrrole nitrogens is 1. The number of nitrogens with zero attached hydrogens (tertiary/aromatic N) is 1. The highest BCUT2D eigenvalue weighted by Gasteiger charge is 2.22. The average molecular weight is 214 g/mol. The molecule has 0 saturated carbocycles. The van der Waals surface area contributed by atoms with Gasteiger partial charge in [0.25, 0.3) is 5.56 Å². The van der Waals surface area contributed by atoms with Crippen molar-refractivity contribution in [3.8, 4) is 5.75 Å². The van der Waals surface area contributed by atoms with Crippen molar-refractivity contribution in [3.05, 3.63) is 22.4 Å². The Bertz CT molecular complexity index is 373. The standard InChI is InChI=1S/C9H14N2O2S/c1-9(2,14-4)8-10-5-6(13-3)7(12)11-8/h5H,1-4H3,(H,10,11,12). The number of hydrogen-bond donors (Lipinski definition) is 1. The SMILES string of the molecule is COc1cnc(C(C)(C)SC)[nH]c1=O. The summed E-state index contributed by atoms with van der Waals surface area (Å²) >= 11 is 1.63.